The summed E-state index contributed by atoms with van der Waals surface area (Å²) in [6.07, 6.45) is 1.51. The first kappa shape index (κ1) is 11.2. The Hall–Kier alpha value is -1.33. The minimum atomic E-state index is -0.825. The molecule has 0 saturated carbocycles. The first-order chi connectivity index (χ1) is 7.66. The molecule has 0 radical (unpaired) electrons. The molecule has 0 unspecified atom stereocenters. The van der Waals surface area contributed by atoms with Crippen molar-refractivity contribution < 1.29 is 19.6 Å². The van der Waals surface area contributed by atoms with E-state index in [9.17, 15) is 9.82 Å². The Morgan fingerprint density at radius 3 is 3.06 bits per heavy atom. The molecule has 84 valence electrons. The van der Waals surface area contributed by atoms with Crippen LogP contribution < -0.4 is 5.46 Å². The maximum Gasteiger partial charge on any atom is 0.491 e. The predicted octanol–water partition coefficient (Wildman–Crippen LogP) is 0.312. The van der Waals surface area contributed by atoms with Gasteiger partial charge in [0.2, 0.25) is 0 Å². The van der Waals surface area contributed by atoms with Crippen molar-refractivity contribution in [3.8, 4) is 0 Å². The molecule has 1 heterocycles. The fourth-order valence-corrected chi connectivity index (χ4v) is 1.86. The van der Waals surface area contributed by atoms with Crippen LogP contribution in [0.15, 0.2) is 18.2 Å². The molecule has 0 bridgehead atoms. The van der Waals surface area contributed by atoms with Crippen molar-refractivity contribution in [2.75, 3.05) is 0 Å². The molecule has 0 aromatic heterocycles. The van der Waals surface area contributed by atoms with Crippen molar-refractivity contribution in [1.82, 2.24) is 0 Å². The Morgan fingerprint density at radius 1 is 1.50 bits per heavy atom. The number of carboxylic acids is 1. The van der Waals surface area contributed by atoms with Crippen molar-refractivity contribution in [2.24, 2.45) is 0 Å². The lowest BCUT2D eigenvalue weighted by Gasteiger charge is -2.03. The van der Waals surface area contributed by atoms with E-state index in [-0.39, 0.29) is 6.42 Å². The second-order valence-electron chi connectivity index (χ2n) is 3.94. The quantitative estimate of drug-likeness (QED) is 0.716. The lowest BCUT2D eigenvalue weighted by atomic mass is 9.78. The lowest BCUT2D eigenvalue weighted by molar-refractivity contribution is -0.137. The summed E-state index contributed by atoms with van der Waals surface area (Å²) >= 11 is 0. The number of aliphatic carboxylic acids is 1. The fourth-order valence-electron chi connectivity index (χ4n) is 1.86. The van der Waals surface area contributed by atoms with Gasteiger partial charge in [-0.15, -0.1) is 0 Å². The Bertz CT molecular complexity index is 405. The van der Waals surface area contributed by atoms with Crippen molar-refractivity contribution in [2.45, 2.75) is 25.9 Å². The minimum Gasteiger partial charge on any atom is -0.481 e. The number of carboxylic acid groups (broad SMARTS) is 1. The van der Waals surface area contributed by atoms with Gasteiger partial charge in [0, 0.05) is 6.42 Å². The van der Waals surface area contributed by atoms with E-state index in [1.165, 1.54) is 0 Å². The van der Waals surface area contributed by atoms with Gasteiger partial charge in [-0.3, -0.25) is 4.79 Å². The number of benzene rings is 1. The van der Waals surface area contributed by atoms with E-state index in [1.54, 1.807) is 0 Å². The summed E-state index contributed by atoms with van der Waals surface area (Å²) in [5.41, 5.74) is 2.87. The predicted molar refractivity (Wildman–Crippen MR) is 59.4 cm³/mol. The molecule has 4 nitrogen and oxygen atoms in total. The van der Waals surface area contributed by atoms with Crippen molar-refractivity contribution in [1.29, 1.82) is 0 Å². The summed E-state index contributed by atoms with van der Waals surface area (Å²) in [5, 5.41) is 18.0. The Labute approximate surface area is 94.0 Å². The monoisotopic (exact) mass is 220 g/mol. The second-order valence-corrected chi connectivity index (χ2v) is 3.94. The van der Waals surface area contributed by atoms with Crippen molar-refractivity contribution >= 4 is 18.6 Å². The van der Waals surface area contributed by atoms with Gasteiger partial charge in [0.15, 0.2) is 0 Å². The van der Waals surface area contributed by atoms with Gasteiger partial charge < -0.3 is 14.8 Å². The molecule has 0 aliphatic carbocycles. The smallest absolute Gasteiger partial charge is 0.481 e. The largest absolute Gasteiger partial charge is 0.491 e. The average molecular weight is 220 g/mol. The van der Waals surface area contributed by atoms with E-state index in [4.69, 9.17) is 9.76 Å². The van der Waals surface area contributed by atoms with Crippen LogP contribution in [0.5, 0.6) is 0 Å². The Morgan fingerprint density at radius 2 is 2.31 bits per heavy atom. The third kappa shape index (κ3) is 2.43. The van der Waals surface area contributed by atoms with Crippen LogP contribution in [0.3, 0.4) is 0 Å². The molecule has 1 aromatic carbocycles. The van der Waals surface area contributed by atoms with Gasteiger partial charge in [-0.2, -0.15) is 0 Å². The van der Waals surface area contributed by atoms with Gasteiger partial charge in [0.25, 0.3) is 0 Å². The Balaban J connectivity index is 2.01. The van der Waals surface area contributed by atoms with E-state index in [0.29, 0.717) is 19.4 Å². The molecule has 2 rings (SSSR count). The van der Waals surface area contributed by atoms with Gasteiger partial charge in [-0.25, -0.2) is 0 Å². The highest BCUT2D eigenvalue weighted by atomic mass is 16.5. The molecule has 0 amide bonds. The van der Waals surface area contributed by atoms with Crippen LogP contribution >= 0.6 is 0 Å². The molecular weight excluding hydrogens is 207 g/mol. The average Bonchev–Trinajstić information content (AvgIpc) is 2.60. The number of fused-ring (bicyclic) bond motifs is 1. The van der Waals surface area contributed by atoms with Crippen LogP contribution in [-0.4, -0.2) is 23.2 Å². The van der Waals surface area contributed by atoms with Crippen LogP contribution in [0.2, 0.25) is 0 Å². The highest BCUT2D eigenvalue weighted by Gasteiger charge is 2.26. The number of hydrogen-bond donors (Lipinski definition) is 2. The highest BCUT2D eigenvalue weighted by molar-refractivity contribution is 6.61. The summed E-state index contributed by atoms with van der Waals surface area (Å²) in [6.45, 7) is 0.450. The normalized spacial score (nSPS) is 13.9. The number of hydrogen-bond acceptors (Lipinski definition) is 3. The summed E-state index contributed by atoms with van der Waals surface area (Å²) < 4.78 is 5.08. The summed E-state index contributed by atoms with van der Waals surface area (Å²) in [7, 11) is -0.825. The highest BCUT2D eigenvalue weighted by Crippen LogP contribution is 2.12. The van der Waals surface area contributed by atoms with Crippen LogP contribution in [0.25, 0.3) is 0 Å². The molecule has 0 spiro atoms. The fraction of sp³-hybridized carbons (Fsp3) is 0.364. The molecule has 1 aliphatic heterocycles. The number of aryl methyl sites for hydroxylation is 1. The first-order valence-corrected chi connectivity index (χ1v) is 5.30. The van der Waals surface area contributed by atoms with Crippen molar-refractivity contribution in [3.63, 3.8) is 0 Å². The summed E-state index contributed by atoms with van der Waals surface area (Å²) in [5.74, 6) is -0.774. The molecule has 2 N–H and O–H groups in total. The van der Waals surface area contributed by atoms with E-state index >= 15 is 0 Å². The van der Waals surface area contributed by atoms with E-state index in [1.807, 2.05) is 18.2 Å². The van der Waals surface area contributed by atoms with Crippen molar-refractivity contribution in [3.05, 3.63) is 29.3 Å². The summed E-state index contributed by atoms with van der Waals surface area (Å²) in [4.78, 5) is 10.4. The minimum absolute atomic E-state index is 0.177. The molecular formula is C11H13BO4. The molecule has 1 aromatic rings. The van der Waals surface area contributed by atoms with Gasteiger partial charge in [0.1, 0.15) is 0 Å². The molecule has 0 fully saturated rings. The molecule has 1 aliphatic rings. The van der Waals surface area contributed by atoms with Crippen LogP contribution in [0, 0.1) is 0 Å². The zero-order valence-corrected chi connectivity index (χ0v) is 8.85. The number of carbonyl (C=O) groups is 1. The zero-order chi connectivity index (χ0) is 11.5. The SMILES string of the molecule is O=C(O)CCCc1ccc2c(c1)B(O)OC2. The second kappa shape index (κ2) is 4.68. The third-order valence-electron chi connectivity index (χ3n) is 2.73. The standard InChI is InChI=1S/C11H13BO4/c13-11(14)3-1-2-8-4-5-9-7-16-12(15)10(9)6-8/h4-6,15H,1-3,7H2,(H,13,14). The molecule has 5 heteroatoms. The van der Waals surface area contributed by atoms with Gasteiger partial charge in [-0.1, -0.05) is 18.2 Å². The van der Waals surface area contributed by atoms with E-state index in [0.717, 1.165) is 16.6 Å². The van der Waals surface area contributed by atoms with E-state index < -0.39 is 13.1 Å². The molecule has 16 heavy (non-hydrogen) atoms. The number of rotatable bonds is 4. The maximum atomic E-state index is 10.4. The molecule has 0 atom stereocenters. The lowest BCUT2D eigenvalue weighted by Crippen LogP contribution is -2.28. The van der Waals surface area contributed by atoms with Crippen LogP contribution in [0.1, 0.15) is 24.0 Å². The summed E-state index contributed by atoms with van der Waals surface area (Å²) in [6, 6.07) is 5.79. The third-order valence-corrected chi connectivity index (χ3v) is 2.73. The van der Waals surface area contributed by atoms with Gasteiger partial charge in [0.05, 0.1) is 6.61 Å². The topological polar surface area (TPSA) is 66.8 Å². The van der Waals surface area contributed by atoms with Crippen LogP contribution in [0.4, 0.5) is 0 Å². The van der Waals surface area contributed by atoms with Crippen LogP contribution in [-0.2, 0) is 22.5 Å². The molecule has 0 saturated heterocycles. The zero-order valence-electron chi connectivity index (χ0n) is 8.85. The Kier molecular flexibility index (Phi) is 3.26. The van der Waals surface area contributed by atoms with E-state index in [2.05, 4.69) is 0 Å². The maximum absolute atomic E-state index is 10.4. The first-order valence-electron chi connectivity index (χ1n) is 5.30. The van der Waals surface area contributed by atoms with Gasteiger partial charge in [-0.05, 0) is 29.4 Å². The van der Waals surface area contributed by atoms with Gasteiger partial charge >= 0.3 is 13.1 Å².